The summed E-state index contributed by atoms with van der Waals surface area (Å²) >= 11 is 0. The van der Waals surface area contributed by atoms with Gasteiger partial charge >= 0.3 is 0 Å². The molecule has 1 unspecified atom stereocenters. The zero-order chi connectivity index (χ0) is 42.4. The number of piperidine rings is 1. The summed E-state index contributed by atoms with van der Waals surface area (Å²) in [6.07, 6.45) is 13.4. The lowest BCUT2D eigenvalue weighted by molar-refractivity contribution is -0.136. The number of carbonyl (C=O) groups is 7. The van der Waals surface area contributed by atoms with Crippen LogP contribution in [-0.2, 0) is 14.4 Å². The van der Waals surface area contributed by atoms with Crippen molar-refractivity contribution in [1.82, 2.24) is 25.8 Å². The molecule has 3 heterocycles. The van der Waals surface area contributed by atoms with Crippen molar-refractivity contribution in [2.24, 2.45) is 0 Å². The molecular weight excluding hydrogens is 765 g/mol. The number of fused-ring (bicyclic) bond motifs is 2. The third-order valence-electron chi connectivity index (χ3n) is 10.9. The molecule has 6 rings (SSSR count). The molecule has 2 aliphatic rings. The van der Waals surface area contributed by atoms with Crippen molar-refractivity contribution < 1.29 is 38.3 Å². The minimum atomic E-state index is -1.07. The van der Waals surface area contributed by atoms with Gasteiger partial charge in [0.05, 0.1) is 27.9 Å². The molecule has 1 aromatic heterocycles. The van der Waals surface area contributed by atoms with Crippen LogP contribution in [-0.4, -0.2) is 77.4 Å². The van der Waals surface area contributed by atoms with E-state index in [1.165, 1.54) is 12.1 Å². The number of benzene rings is 3. The molecule has 4 aromatic rings. The highest BCUT2D eigenvalue weighted by atomic mass is 16.5. The van der Waals surface area contributed by atoms with Gasteiger partial charge in [0.2, 0.25) is 11.8 Å². The maximum atomic E-state index is 13.2. The van der Waals surface area contributed by atoms with Crippen molar-refractivity contribution in [3.8, 4) is 5.75 Å². The Bertz CT molecular complexity index is 2240. The van der Waals surface area contributed by atoms with Gasteiger partial charge in [-0.25, -0.2) is 0 Å². The van der Waals surface area contributed by atoms with E-state index >= 15 is 0 Å². The zero-order valence-corrected chi connectivity index (χ0v) is 34.0. The van der Waals surface area contributed by atoms with E-state index in [9.17, 15) is 33.6 Å². The van der Waals surface area contributed by atoms with E-state index in [0.717, 1.165) is 81.2 Å². The highest BCUT2D eigenvalue weighted by Crippen LogP contribution is 2.34. The minimum Gasteiger partial charge on any atom is -0.485 e. The van der Waals surface area contributed by atoms with Crippen molar-refractivity contribution in [3.05, 3.63) is 95.2 Å². The number of Topliss-reactive ketones (excluding diaryl/α,β-unsaturated/α-hetero) is 1. The summed E-state index contributed by atoms with van der Waals surface area (Å²) in [7, 11) is 1.57. The number of hydrogen-bond acceptors (Lipinski definition) is 10. The molecule has 14 heteroatoms. The third-order valence-corrected chi connectivity index (χ3v) is 10.9. The van der Waals surface area contributed by atoms with E-state index in [-0.39, 0.29) is 53.9 Å². The number of pyridine rings is 1. The first kappa shape index (κ1) is 43.1. The summed E-state index contributed by atoms with van der Waals surface area (Å²) in [5, 5.41) is 11.9. The number of hydrogen-bond donors (Lipinski definition) is 4. The maximum absolute atomic E-state index is 13.2. The highest BCUT2D eigenvalue weighted by molar-refractivity contribution is 6.24. The maximum Gasteiger partial charge on any atom is 0.266 e. The normalized spacial score (nSPS) is 14.8. The Hall–Kier alpha value is -6.44. The van der Waals surface area contributed by atoms with Crippen LogP contribution in [0.5, 0.6) is 5.75 Å². The Balaban J connectivity index is 0.810. The van der Waals surface area contributed by atoms with Crippen LogP contribution < -0.4 is 26.0 Å². The summed E-state index contributed by atoms with van der Waals surface area (Å²) in [6, 6.07) is 18.4. The number of nitrogens with one attached hydrogen (secondary N) is 4. The van der Waals surface area contributed by atoms with Crippen molar-refractivity contribution in [2.45, 2.75) is 95.9 Å². The number of carbonyl (C=O) groups excluding carboxylic acids is 7. The second kappa shape index (κ2) is 21.0. The molecule has 0 spiro atoms. The van der Waals surface area contributed by atoms with Crippen molar-refractivity contribution >= 4 is 63.5 Å². The van der Waals surface area contributed by atoms with Crippen LogP contribution in [0.1, 0.15) is 131 Å². The second-order valence-corrected chi connectivity index (χ2v) is 15.2. The number of ketones is 1. The number of ether oxygens (including phenoxy) is 1. The molecular formula is C46H52N6O8. The first-order valence-electron chi connectivity index (χ1n) is 20.9. The fraction of sp³-hybridized carbons (Fsp3) is 0.391. The predicted octanol–water partition coefficient (Wildman–Crippen LogP) is 6.80. The molecule has 0 radical (unpaired) electrons. The molecule has 3 aromatic carbocycles. The molecule has 0 aliphatic carbocycles. The number of imide groups is 2. The van der Waals surface area contributed by atoms with Crippen LogP contribution in [0, 0.1) is 0 Å². The monoisotopic (exact) mass is 816 g/mol. The average Bonchev–Trinajstić information content (AvgIpc) is 3.51. The number of anilines is 2. The first-order chi connectivity index (χ1) is 29.2. The van der Waals surface area contributed by atoms with Crippen LogP contribution >= 0.6 is 0 Å². The van der Waals surface area contributed by atoms with Gasteiger partial charge in [-0.3, -0.25) is 48.8 Å². The van der Waals surface area contributed by atoms with Gasteiger partial charge in [0, 0.05) is 49.3 Å². The molecule has 1 atom stereocenters. The van der Waals surface area contributed by atoms with E-state index in [0.29, 0.717) is 40.7 Å². The molecule has 60 heavy (non-hydrogen) atoms. The SMILES string of the molecule is CNC(=O)c1cnc2ccc(C(=O)NCCCCCCCCCCCCCC(=O)COc3cccc4c3C(=O)N(C3CCC(=O)NC3=O)C4=O)cc2c1Nc1ccccc1. The fourth-order valence-corrected chi connectivity index (χ4v) is 7.62. The van der Waals surface area contributed by atoms with Crippen LogP contribution in [0.4, 0.5) is 11.4 Å². The van der Waals surface area contributed by atoms with Gasteiger partial charge in [0.25, 0.3) is 23.6 Å². The number of rotatable bonds is 22. The lowest BCUT2D eigenvalue weighted by Crippen LogP contribution is -2.54. The standard InChI is InChI=1S/C46H52N6O8/c1-47-43(56)35-28-49-36-23-22-30(27-34(36)41(35)50-31-17-12-11-13-18-31)42(55)48-26-15-10-8-6-4-2-3-5-7-9-14-19-32(53)29-60-38-21-16-20-33-40(38)46(59)52(45(33)58)37-24-25-39(54)51-44(37)57/h11-13,16-18,20-23,27-28,37H,2-10,14-15,19,24-26,29H2,1H3,(H,47,56)(H,48,55)(H,49,50)(H,51,54,57). The van der Waals surface area contributed by atoms with Gasteiger partial charge in [-0.05, 0) is 61.7 Å². The van der Waals surface area contributed by atoms with Gasteiger partial charge in [0.1, 0.15) is 18.4 Å². The number of aromatic nitrogens is 1. The van der Waals surface area contributed by atoms with Crippen molar-refractivity contribution in [2.75, 3.05) is 25.5 Å². The summed E-state index contributed by atoms with van der Waals surface area (Å²) in [4.78, 5) is 93.8. The molecule has 0 saturated carbocycles. The summed E-state index contributed by atoms with van der Waals surface area (Å²) in [5.74, 6) is -2.83. The Labute approximate surface area is 349 Å². The quantitative estimate of drug-likeness (QED) is 0.0485. The Kier molecular flexibility index (Phi) is 15.1. The van der Waals surface area contributed by atoms with E-state index in [2.05, 4.69) is 26.3 Å². The number of amides is 6. The molecule has 2 aliphatic heterocycles. The average molecular weight is 817 g/mol. The Morgan fingerprint density at radius 1 is 0.800 bits per heavy atom. The molecule has 14 nitrogen and oxygen atoms in total. The van der Waals surface area contributed by atoms with Gasteiger partial charge in [-0.15, -0.1) is 0 Å². The summed E-state index contributed by atoms with van der Waals surface area (Å²) in [6.45, 7) is 0.360. The highest BCUT2D eigenvalue weighted by Gasteiger charge is 2.46. The first-order valence-corrected chi connectivity index (χ1v) is 20.9. The summed E-state index contributed by atoms with van der Waals surface area (Å²) in [5.41, 5.74) is 3.12. The number of para-hydroxylation sites is 1. The van der Waals surface area contributed by atoms with Gasteiger partial charge in [-0.1, -0.05) is 82.1 Å². The fourth-order valence-electron chi connectivity index (χ4n) is 7.62. The Morgan fingerprint density at radius 3 is 2.20 bits per heavy atom. The molecule has 314 valence electrons. The number of nitrogens with zero attached hydrogens (tertiary/aromatic N) is 2. The van der Waals surface area contributed by atoms with Crippen LogP contribution in [0.3, 0.4) is 0 Å². The second-order valence-electron chi connectivity index (χ2n) is 15.2. The molecule has 6 amide bonds. The van der Waals surface area contributed by atoms with Crippen LogP contribution in [0.25, 0.3) is 10.9 Å². The van der Waals surface area contributed by atoms with Crippen molar-refractivity contribution in [1.29, 1.82) is 0 Å². The third kappa shape index (κ3) is 10.8. The molecule has 0 bridgehead atoms. The predicted molar refractivity (Wildman–Crippen MR) is 226 cm³/mol. The molecule has 1 saturated heterocycles. The lowest BCUT2D eigenvalue weighted by Gasteiger charge is -2.27. The summed E-state index contributed by atoms with van der Waals surface area (Å²) < 4.78 is 5.71. The lowest BCUT2D eigenvalue weighted by atomic mass is 10.0. The largest absolute Gasteiger partial charge is 0.485 e. The van der Waals surface area contributed by atoms with Crippen LogP contribution in [0.15, 0.2) is 72.9 Å². The van der Waals surface area contributed by atoms with E-state index < -0.39 is 29.7 Å². The topological polar surface area (TPSA) is 193 Å². The zero-order valence-electron chi connectivity index (χ0n) is 34.0. The van der Waals surface area contributed by atoms with Crippen molar-refractivity contribution in [3.63, 3.8) is 0 Å². The van der Waals surface area contributed by atoms with Gasteiger partial charge < -0.3 is 20.7 Å². The van der Waals surface area contributed by atoms with E-state index in [4.69, 9.17) is 4.74 Å². The number of unbranched alkanes of at least 4 members (excludes halogenated alkanes) is 10. The van der Waals surface area contributed by atoms with Crippen LogP contribution in [0.2, 0.25) is 0 Å². The molecule has 4 N–H and O–H groups in total. The van der Waals surface area contributed by atoms with Gasteiger partial charge in [0.15, 0.2) is 5.78 Å². The van der Waals surface area contributed by atoms with E-state index in [1.807, 2.05) is 30.3 Å². The smallest absolute Gasteiger partial charge is 0.266 e. The van der Waals surface area contributed by atoms with E-state index in [1.54, 1.807) is 37.5 Å². The Morgan fingerprint density at radius 2 is 1.50 bits per heavy atom. The molecule has 1 fully saturated rings. The minimum absolute atomic E-state index is 0.0312. The van der Waals surface area contributed by atoms with Gasteiger partial charge in [-0.2, -0.15) is 0 Å².